The highest BCUT2D eigenvalue weighted by molar-refractivity contribution is 5.94. The minimum Gasteiger partial charge on any atom is -0.478 e. The second-order valence-electron chi connectivity index (χ2n) is 6.14. The normalized spacial score (nSPS) is 10.2. The van der Waals surface area contributed by atoms with E-state index >= 15 is 0 Å². The Kier molecular flexibility index (Phi) is 5.14. The summed E-state index contributed by atoms with van der Waals surface area (Å²) in [5, 5.41) is 7.89. The highest BCUT2D eigenvalue weighted by Gasteiger charge is 2.15. The Hall–Kier alpha value is -3.39. The third kappa shape index (κ3) is 3.65. The number of carboxylic acid groups (broad SMARTS) is 1. The third-order valence-corrected chi connectivity index (χ3v) is 4.24. The zero-order valence-electron chi connectivity index (χ0n) is 14.6. The van der Waals surface area contributed by atoms with E-state index < -0.39 is 5.97 Å². The Morgan fingerprint density at radius 2 is 1.04 bits per heavy atom. The molecule has 2 heteroatoms. The number of hydrogen-bond acceptors (Lipinski definition) is 1. The van der Waals surface area contributed by atoms with Crippen molar-refractivity contribution in [1.29, 1.82) is 0 Å². The summed E-state index contributed by atoms with van der Waals surface area (Å²) in [4.78, 5) is 9.60. The quantitative estimate of drug-likeness (QED) is 0.440. The van der Waals surface area contributed by atoms with Crippen molar-refractivity contribution in [2.75, 3.05) is 0 Å². The SMILES string of the molecule is C=C(C)C(=O)O.c1ccc2ccc(-c3ccc4cccccc3-4)c-2cc1. The molecule has 4 rings (SSSR count). The summed E-state index contributed by atoms with van der Waals surface area (Å²) >= 11 is 0. The Balaban J connectivity index is 0.000000286. The van der Waals surface area contributed by atoms with Crippen molar-refractivity contribution in [2.24, 2.45) is 0 Å². The highest BCUT2D eigenvalue weighted by Crippen LogP contribution is 2.41. The molecule has 26 heavy (non-hydrogen) atoms. The molecule has 0 heterocycles. The van der Waals surface area contributed by atoms with E-state index in [1.807, 2.05) is 0 Å². The van der Waals surface area contributed by atoms with Crippen molar-refractivity contribution >= 4 is 5.97 Å². The van der Waals surface area contributed by atoms with Crippen molar-refractivity contribution in [3.8, 4) is 33.4 Å². The Morgan fingerprint density at radius 3 is 1.42 bits per heavy atom. The van der Waals surface area contributed by atoms with Crippen LogP contribution in [0.25, 0.3) is 33.4 Å². The van der Waals surface area contributed by atoms with E-state index in [4.69, 9.17) is 5.11 Å². The molecule has 0 radical (unpaired) electrons. The smallest absolute Gasteiger partial charge is 0.330 e. The van der Waals surface area contributed by atoms with Crippen LogP contribution in [0.4, 0.5) is 0 Å². The molecule has 0 unspecified atom stereocenters. The van der Waals surface area contributed by atoms with Crippen molar-refractivity contribution in [2.45, 2.75) is 6.92 Å². The molecule has 4 aliphatic carbocycles. The van der Waals surface area contributed by atoms with E-state index in [1.54, 1.807) is 0 Å². The van der Waals surface area contributed by atoms with Crippen molar-refractivity contribution in [1.82, 2.24) is 0 Å². The predicted octanol–water partition coefficient (Wildman–Crippen LogP) is 6.21. The molecule has 0 amide bonds. The maximum absolute atomic E-state index is 9.60. The molecule has 0 bridgehead atoms. The van der Waals surface area contributed by atoms with Crippen LogP contribution in [0, 0.1) is 0 Å². The lowest BCUT2D eigenvalue weighted by Gasteiger charge is -2.03. The number of carbonyl (C=O) groups is 1. The lowest BCUT2D eigenvalue weighted by Crippen LogP contribution is -1.92. The molecule has 0 saturated heterocycles. The van der Waals surface area contributed by atoms with Gasteiger partial charge in [0.25, 0.3) is 0 Å². The molecule has 0 aromatic heterocycles. The van der Waals surface area contributed by atoms with Crippen LogP contribution in [-0.4, -0.2) is 11.1 Å². The van der Waals surface area contributed by atoms with Gasteiger partial charge in [-0.25, -0.2) is 4.79 Å². The van der Waals surface area contributed by atoms with E-state index in [2.05, 4.69) is 91.5 Å². The van der Waals surface area contributed by atoms with Crippen LogP contribution in [0.5, 0.6) is 0 Å². The highest BCUT2D eigenvalue weighted by atomic mass is 16.4. The van der Waals surface area contributed by atoms with Crippen LogP contribution in [0.1, 0.15) is 6.92 Å². The van der Waals surface area contributed by atoms with E-state index in [0.29, 0.717) is 0 Å². The average Bonchev–Trinajstić information content (AvgIpc) is 3.00. The molecular formula is C24H20O2. The van der Waals surface area contributed by atoms with Crippen LogP contribution in [0.2, 0.25) is 0 Å². The van der Waals surface area contributed by atoms with Crippen LogP contribution >= 0.6 is 0 Å². The first-order valence-electron chi connectivity index (χ1n) is 8.42. The van der Waals surface area contributed by atoms with Gasteiger partial charge in [0.15, 0.2) is 0 Å². The molecule has 1 N–H and O–H groups in total. The van der Waals surface area contributed by atoms with Crippen LogP contribution in [0.15, 0.2) is 97.1 Å². The van der Waals surface area contributed by atoms with Crippen LogP contribution < -0.4 is 0 Å². The maximum atomic E-state index is 9.60. The molecule has 0 atom stereocenters. The van der Waals surface area contributed by atoms with Gasteiger partial charge in [-0.3, -0.25) is 0 Å². The monoisotopic (exact) mass is 340 g/mol. The Bertz CT molecular complexity index is 918. The topological polar surface area (TPSA) is 37.3 Å². The van der Waals surface area contributed by atoms with Crippen molar-refractivity contribution in [3.05, 3.63) is 97.1 Å². The Morgan fingerprint density at radius 1 is 0.654 bits per heavy atom. The summed E-state index contributed by atoms with van der Waals surface area (Å²) in [7, 11) is 0. The lowest BCUT2D eigenvalue weighted by atomic mass is 10.0. The molecule has 0 aliphatic heterocycles. The largest absolute Gasteiger partial charge is 0.478 e. The lowest BCUT2D eigenvalue weighted by molar-refractivity contribution is -0.132. The van der Waals surface area contributed by atoms with E-state index in [-0.39, 0.29) is 5.57 Å². The van der Waals surface area contributed by atoms with Gasteiger partial charge >= 0.3 is 5.97 Å². The number of hydrogen-bond donors (Lipinski definition) is 1. The van der Waals surface area contributed by atoms with Gasteiger partial charge in [-0.15, -0.1) is 0 Å². The van der Waals surface area contributed by atoms with Gasteiger partial charge in [0, 0.05) is 5.57 Å². The number of carboxylic acids is 1. The first-order valence-corrected chi connectivity index (χ1v) is 8.42. The summed E-state index contributed by atoms with van der Waals surface area (Å²) < 4.78 is 0. The van der Waals surface area contributed by atoms with E-state index in [9.17, 15) is 4.79 Å². The van der Waals surface area contributed by atoms with Gasteiger partial charge in [-0.2, -0.15) is 0 Å². The number of rotatable bonds is 2. The van der Waals surface area contributed by atoms with Crippen LogP contribution in [0.3, 0.4) is 0 Å². The summed E-state index contributed by atoms with van der Waals surface area (Å²) in [6.45, 7) is 4.60. The van der Waals surface area contributed by atoms with Crippen LogP contribution in [-0.2, 0) is 4.79 Å². The molecule has 128 valence electrons. The predicted molar refractivity (Wildman–Crippen MR) is 108 cm³/mol. The standard InChI is InChI=1S/C20H14.C4H6O2/c1-3-7-15-11-13-19(17(15)9-5-1)20-14-12-16-8-4-2-6-10-18(16)20;1-3(2)4(5)6/h1-14H;1H2,2H3,(H,5,6). The zero-order chi connectivity index (χ0) is 18.5. The Labute approximate surface area is 153 Å². The van der Waals surface area contributed by atoms with Gasteiger partial charge in [0.1, 0.15) is 0 Å². The van der Waals surface area contributed by atoms with Gasteiger partial charge in [0.05, 0.1) is 0 Å². The van der Waals surface area contributed by atoms with Gasteiger partial charge in [0.2, 0.25) is 0 Å². The van der Waals surface area contributed by atoms with E-state index in [1.165, 1.54) is 40.3 Å². The van der Waals surface area contributed by atoms with Gasteiger partial charge < -0.3 is 5.11 Å². The van der Waals surface area contributed by atoms with Gasteiger partial charge in [-0.05, 0) is 40.3 Å². The zero-order valence-corrected chi connectivity index (χ0v) is 14.6. The molecule has 0 fully saturated rings. The summed E-state index contributed by atoms with van der Waals surface area (Å²) in [5.41, 5.74) is 8.02. The summed E-state index contributed by atoms with van der Waals surface area (Å²) in [5.74, 6) is -0.935. The second-order valence-corrected chi connectivity index (χ2v) is 6.14. The minimum atomic E-state index is -0.935. The van der Waals surface area contributed by atoms with Crippen molar-refractivity contribution in [3.63, 3.8) is 0 Å². The second kappa shape index (κ2) is 7.66. The fourth-order valence-electron chi connectivity index (χ4n) is 2.90. The molecule has 0 aromatic rings. The first kappa shape index (κ1) is 17.4. The summed E-state index contributed by atoms with van der Waals surface area (Å²) in [6.07, 6.45) is 0. The summed E-state index contributed by atoms with van der Waals surface area (Å²) in [6, 6.07) is 30.2. The molecule has 4 aliphatic rings. The molecule has 2 nitrogen and oxygen atoms in total. The molecule has 0 saturated carbocycles. The number of aliphatic carboxylic acids is 1. The third-order valence-electron chi connectivity index (χ3n) is 4.24. The van der Waals surface area contributed by atoms with Gasteiger partial charge in [-0.1, -0.05) is 91.5 Å². The molecule has 0 aromatic carbocycles. The van der Waals surface area contributed by atoms with Crippen molar-refractivity contribution < 1.29 is 9.90 Å². The number of fused-ring (bicyclic) bond motifs is 2. The molecule has 0 spiro atoms. The maximum Gasteiger partial charge on any atom is 0.330 e. The fraction of sp³-hybridized carbons (Fsp3) is 0.0417. The average molecular weight is 340 g/mol. The first-order chi connectivity index (χ1) is 12.6. The molecular weight excluding hydrogens is 320 g/mol. The minimum absolute atomic E-state index is 0.176. The fourth-order valence-corrected chi connectivity index (χ4v) is 2.90. The van der Waals surface area contributed by atoms with E-state index in [0.717, 1.165) is 0 Å².